The second-order valence-corrected chi connectivity index (χ2v) is 4.08. The summed E-state index contributed by atoms with van der Waals surface area (Å²) >= 11 is 0. The van der Waals surface area contributed by atoms with Crippen LogP contribution in [0.15, 0.2) is 0 Å². The molecule has 1 fully saturated rings. The fraction of sp³-hybridized carbons (Fsp3) is 1.00. The van der Waals surface area contributed by atoms with Crippen LogP contribution in [0.2, 0.25) is 0 Å². The molecule has 1 saturated heterocycles. The molecule has 0 aromatic heterocycles. The molecule has 0 atom stereocenters. The lowest BCUT2D eigenvalue weighted by Crippen LogP contribution is -2.56. The maximum Gasteiger partial charge on any atom is 0.0278 e. The average molecular weight is 171 g/mol. The molecule has 1 heterocycles. The van der Waals surface area contributed by atoms with E-state index in [0.717, 1.165) is 19.6 Å². The van der Waals surface area contributed by atoms with Crippen LogP contribution in [0.4, 0.5) is 0 Å². The van der Waals surface area contributed by atoms with Crippen molar-refractivity contribution in [1.82, 2.24) is 15.5 Å². The molecule has 2 N–H and O–H groups in total. The maximum absolute atomic E-state index is 3.37. The van der Waals surface area contributed by atoms with Gasteiger partial charge in [-0.1, -0.05) is 0 Å². The van der Waals surface area contributed by atoms with Crippen LogP contribution in [0, 0.1) is 0 Å². The van der Waals surface area contributed by atoms with Crippen LogP contribution in [-0.4, -0.2) is 50.2 Å². The van der Waals surface area contributed by atoms with Gasteiger partial charge in [0.2, 0.25) is 0 Å². The van der Waals surface area contributed by atoms with Gasteiger partial charge in [-0.2, -0.15) is 0 Å². The molecule has 1 aliphatic heterocycles. The van der Waals surface area contributed by atoms with Crippen molar-refractivity contribution in [1.29, 1.82) is 0 Å². The van der Waals surface area contributed by atoms with Crippen LogP contribution < -0.4 is 10.6 Å². The Kier molecular flexibility index (Phi) is 3.50. The van der Waals surface area contributed by atoms with Crippen molar-refractivity contribution in [3.05, 3.63) is 0 Å². The summed E-state index contributed by atoms with van der Waals surface area (Å²) in [6, 6.07) is 0. The van der Waals surface area contributed by atoms with Gasteiger partial charge < -0.3 is 10.6 Å². The monoisotopic (exact) mass is 171 g/mol. The Balaban J connectivity index is 2.41. The lowest BCUT2D eigenvalue weighted by molar-refractivity contribution is 0.104. The summed E-state index contributed by atoms with van der Waals surface area (Å²) in [4.78, 5) is 2.54. The van der Waals surface area contributed by atoms with E-state index in [-0.39, 0.29) is 0 Å². The van der Waals surface area contributed by atoms with Gasteiger partial charge in [0, 0.05) is 38.3 Å². The van der Waals surface area contributed by atoms with Gasteiger partial charge in [-0.3, -0.25) is 4.90 Å². The fourth-order valence-corrected chi connectivity index (χ4v) is 1.81. The highest BCUT2D eigenvalue weighted by molar-refractivity contribution is 4.85. The van der Waals surface area contributed by atoms with Crippen molar-refractivity contribution in [2.24, 2.45) is 0 Å². The van der Waals surface area contributed by atoms with Gasteiger partial charge in [0.15, 0.2) is 0 Å². The first kappa shape index (κ1) is 9.96. The number of rotatable bonds is 3. The minimum atomic E-state index is 0.302. The topological polar surface area (TPSA) is 27.3 Å². The van der Waals surface area contributed by atoms with E-state index >= 15 is 0 Å². The van der Waals surface area contributed by atoms with Gasteiger partial charge in [0.1, 0.15) is 0 Å². The maximum atomic E-state index is 3.37. The normalized spacial score (nSPS) is 21.2. The summed E-state index contributed by atoms with van der Waals surface area (Å²) in [5.41, 5.74) is 0.302. The third kappa shape index (κ3) is 2.44. The van der Waals surface area contributed by atoms with Crippen molar-refractivity contribution in [3.63, 3.8) is 0 Å². The Morgan fingerprint density at radius 1 is 1.33 bits per heavy atom. The number of hydrogen-bond acceptors (Lipinski definition) is 3. The number of nitrogens with one attached hydrogen (secondary N) is 2. The second-order valence-electron chi connectivity index (χ2n) is 4.08. The number of hydrogen-bond donors (Lipinski definition) is 2. The van der Waals surface area contributed by atoms with Crippen LogP contribution in [-0.2, 0) is 0 Å². The standard InChI is InChI=1S/C9H21N3/c1-9(2,8-10-3)12-6-4-11-5-7-12/h10-11H,4-8H2,1-3H3. The molecule has 12 heavy (non-hydrogen) atoms. The number of piperazine rings is 1. The third-order valence-corrected chi connectivity index (χ3v) is 2.58. The van der Waals surface area contributed by atoms with Crippen molar-refractivity contribution >= 4 is 0 Å². The first-order chi connectivity index (χ1) is 5.67. The SMILES string of the molecule is CNCC(C)(C)N1CCNCC1. The summed E-state index contributed by atoms with van der Waals surface area (Å²) in [7, 11) is 2.02. The highest BCUT2D eigenvalue weighted by Gasteiger charge is 2.26. The van der Waals surface area contributed by atoms with E-state index in [0.29, 0.717) is 5.54 Å². The van der Waals surface area contributed by atoms with Crippen molar-refractivity contribution in [2.45, 2.75) is 19.4 Å². The smallest absolute Gasteiger partial charge is 0.0278 e. The Morgan fingerprint density at radius 3 is 2.42 bits per heavy atom. The molecule has 0 aromatic rings. The molecular formula is C9H21N3. The zero-order valence-electron chi connectivity index (χ0n) is 8.48. The molecule has 0 aromatic carbocycles. The van der Waals surface area contributed by atoms with Crippen LogP contribution in [0.3, 0.4) is 0 Å². The molecule has 1 aliphatic rings. The van der Waals surface area contributed by atoms with E-state index in [1.165, 1.54) is 13.1 Å². The van der Waals surface area contributed by atoms with E-state index in [1.807, 2.05) is 7.05 Å². The van der Waals surface area contributed by atoms with Gasteiger partial charge in [0.25, 0.3) is 0 Å². The zero-order chi connectivity index (χ0) is 9.03. The molecule has 0 unspecified atom stereocenters. The molecule has 0 amide bonds. The van der Waals surface area contributed by atoms with E-state index in [9.17, 15) is 0 Å². The number of likely N-dealkylation sites (N-methyl/N-ethyl adjacent to an activating group) is 1. The molecule has 0 aliphatic carbocycles. The molecule has 3 heteroatoms. The van der Waals surface area contributed by atoms with E-state index in [4.69, 9.17) is 0 Å². The fourth-order valence-electron chi connectivity index (χ4n) is 1.81. The lowest BCUT2D eigenvalue weighted by Gasteiger charge is -2.41. The third-order valence-electron chi connectivity index (χ3n) is 2.58. The van der Waals surface area contributed by atoms with Crippen molar-refractivity contribution in [3.8, 4) is 0 Å². The van der Waals surface area contributed by atoms with E-state index in [2.05, 4.69) is 29.4 Å². The van der Waals surface area contributed by atoms with Gasteiger partial charge in [0.05, 0.1) is 0 Å². The van der Waals surface area contributed by atoms with Gasteiger partial charge in [-0.25, -0.2) is 0 Å². The molecule has 0 bridgehead atoms. The Labute approximate surface area is 75.5 Å². The molecule has 0 radical (unpaired) electrons. The lowest BCUT2D eigenvalue weighted by atomic mass is 10.0. The quantitative estimate of drug-likeness (QED) is 0.620. The summed E-state index contributed by atoms with van der Waals surface area (Å²) in [5.74, 6) is 0. The molecule has 1 rings (SSSR count). The summed E-state index contributed by atoms with van der Waals surface area (Å²) in [6.45, 7) is 10.3. The summed E-state index contributed by atoms with van der Waals surface area (Å²) in [6.07, 6.45) is 0. The first-order valence-corrected chi connectivity index (χ1v) is 4.77. The molecular weight excluding hydrogens is 150 g/mol. The first-order valence-electron chi connectivity index (χ1n) is 4.77. The summed E-state index contributed by atoms with van der Waals surface area (Å²) in [5, 5.41) is 6.61. The zero-order valence-corrected chi connectivity index (χ0v) is 8.48. The predicted molar refractivity (Wildman–Crippen MR) is 52.4 cm³/mol. The minimum absolute atomic E-state index is 0.302. The van der Waals surface area contributed by atoms with Crippen molar-refractivity contribution < 1.29 is 0 Å². The van der Waals surface area contributed by atoms with E-state index in [1.54, 1.807) is 0 Å². The van der Waals surface area contributed by atoms with E-state index < -0.39 is 0 Å². The van der Waals surface area contributed by atoms with Crippen LogP contribution in [0.25, 0.3) is 0 Å². The molecule has 0 spiro atoms. The van der Waals surface area contributed by atoms with Gasteiger partial charge in [-0.05, 0) is 20.9 Å². The van der Waals surface area contributed by atoms with Gasteiger partial charge in [-0.15, -0.1) is 0 Å². The van der Waals surface area contributed by atoms with Crippen molar-refractivity contribution in [2.75, 3.05) is 39.8 Å². The number of nitrogens with zero attached hydrogens (tertiary/aromatic N) is 1. The second kappa shape index (κ2) is 4.21. The highest BCUT2D eigenvalue weighted by atomic mass is 15.2. The van der Waals surface area contributed by atoms with Crippen LogP contribution in [0.5, 0.6) is 0 Å². The highest BCUT2D eigenvalue weighted by Crippen LogP contribution is 2.13. The van der Waals surface area contributed by atoms with Gasteiger partial charge >= 0.3 is 0 Å². The summed E-state index contributed by atoms with van der Waals surface area (Å²) < 4.78 is 0. The van der Waals surface area contributed by atoms with Crippen LogP contribution >= 0.6 is 0 Å². The van der Waals surface area contributed by atoms with Crippen LogP contribution in [0.1, 0.15) is 13.8 Å². The predicted octanol–water partition coefficient (Wildman–Crippen LogP) is -0.110. The molecule has 0 saturated carbocycles. The largest absolute Gasteiger partial charge is 0.318 e. The molecule has 72 valence electrons. The minimum Gasteiger partial charge on any atom is -0.318 e. The Hall–Kier alpha value is -0.120. The molecule has 3 nitrogen and oxygen atoms in total. The Morgan fingerprint density at radius 2 is 1.92 bits per heavy atom. The Bertz CT molecular complexity index is 128. The average Bonchev–Trinajstić information content (AvgIpc) is 2.06.